The average Bonchev–Trinajstić information content (AvgIpc) is 2.49. The predicted molar refractivity (Wildman–Crippen MR) is 83.6 cm³/mol. The number of nitro benzene ring substituents is 2. The molecule has 9 nitrogen and oxygen atoms in total. The van der Waals surface area contributed by atoms with Crippen LogP contribution < -0.4 is 11.9 Å². The summed E-state index contributed by atoms with van der Waals surface area (Å²) in [5.41, 5.74) is 4.00. The largest absolute Gasteiger partial charge is 0.400 e. The van der Waals surface area contributed by atoms with E-state index in [0.29, 0.717) is 6.07 Å². The second-order valence-corrected chi connectivity index (χ2v) is 3.81. The molecule has 0 aliphatic heterocycles. The van der Waals surface area contributed by atoms with Crippen LogP contribution in [0.2, 0.25) is 0 Å². The van der Waals surface area contributed by atoms with Crippen LogP contribution in [0.15, 0.2) is 36.4 Å². The Hall–Kier alpha value is -3.25. The lowest BCUT2D eigenvalue weighted by Crippen LogP contribution is -1.95. The summed E-state index contributed by atoms with van der Waals surface area (Å²) in [5, 5.41) is 27.1. The molecule has 25 heavy (non-hydrogen) atoms. The first-order valence-corrected chi connectivity index (χ1v) is 5.96. The van der Waals surface area contributed by atoms with Crippen molar-refractivity contribution >= 4 is 17.1 Å². The number of nitrogen functional groups attached to an aromatic ring is 1. The molecule has 0 fully saturated rings. The van der Waals surface area contributed by atoms with Gasteiger partial charge in [0.25, 0.3) is 5.69 Å². The number of nitrogens with two attached hydrogens (primary N) is 1. The normalized spacial score (nSPS) is 8.68. The molecule has 6 N–H and O–H groups in total. The third-order valence-electron chi connectivity index (χ3n) is 2.29. The molecular formula is C13H15F3N4O5. The van der Waals surface area contributed by atoms with Crippen LogP contribution in [0.1, 0.15) is 0 Å². The fourth-order valence-electron chi connectivity index (χ4n) is 1.32. The fourth-order valence-corrected chi connectivity index (χ4v) is 1.32. The van der Waals surface area contributed by atoms with Crippen molar-refractivity contribution in [3.63, 3.8) is 0 Å². The Labute approximate surface area is 139 Å². The van der Waals surface area contributed by atoms with Gasteiger partial charge in [0.05, 0.1) is 9.85 Å². The van der Waals surface area contributed by atoms with Crippen molar-refractivity contribution in [2.45, 2.75) is 0 Å². The standard InChI is InChI=1S/C6H3F2NO2.C6H5FN2O2.CH4O.H3N/c2*7-4-1-2-6(9(10)11)5(8)3-4;1-2;/h1-3H;1-3H,8H2;2H,1H3;1H3. The van der Waals surface area contributed by atoms with Crippen molar-refractivity contribution in [1.82, 2.24) is 6.15 Å². The molecule has 0 saturated heterocycles. The van der Waals surface area contributed by atoms with E-state index in [1.165, 1.54) is 0 Å². The van der Waals surface area contributed by atoms with Crippen molar-refractivity contribution in [1.29, 1.82) is 0 Å². The van der Waals surface area contributed by atoms with Crippen LogP contribution in [-0.2, 0) is 0 Å². The molecule has 0 unspecified atom stereocenters. The molecule has 0 aromatic heterocycles. The maximum Gasteiger partial charge on any atom is 0.304 e. The number of aliphatic hydroxyl groups excluding tert-OH is 1. The second-order valence-electron chi connectivity index (χ2n) is 3.81. The van der Waals surface area contributed by atoms with Crippen LogP contribution in [0.3, 0.4) is 0 Å². The maximum absolute atomic E-state index is 12.4. The summed E-state index contributed by atoms with van der Waals surface area (Å²) in [6.07, 6.45) is 0. The van der Waals surface area contributed by atoms with Gasteiger partial charge in [-0.15, -0.1) is 0 Å². The first-order valence-electron chi connectivity index (χ1n) is 5.96. The van der Waals surface area contributed by atoms with Crippen LogP contribution in [0.25, 0.3) is 0 Å². The molecule has 0 amide bonds. The van der Waals surface area contributed by atoms with E-state index in [1.54, 1.807) is 0 Å². The van der Waals surface area contributed by atoms with E-state index in [4.69, 9.17) is 10.8 Å². The summed E-state index contributed by atoms with van der Waals surface area (Å²) in [4.78, 5) is 18.5. The van der Waals surface area contributed by atoms with E-state index >= 15 is 0 Å². The van der Waals surface area contributed by atoms with Crippen LogP contribution in [0.4, 0.5) is 30.2 Å². The first kappa shape index (κ1) is 24.0. The zero-order chi connectivity index (χ0) is 18.9. The van der Waals surface area contributed by atoms with Gasteiger partial charge in [-0.2, -0.15) is 4.39 Å². The minimum absolute atomic E-state index is 0. The van der Waals surface area contributed by atoms with Crippen LogP contribution in [0.5, 0.6) is 0 Å². The van der Waals surface area contributed by atoms with Crippen LogP contribution >= 0.6 is 0 Å². The molecule has 12 heteroatoms. The molecule has 2 aromatic rings. The lowest BCUT2D eigenvalue weighted by molar-refractivity contribution is -0.387. The van der Waals surface area contributed by atoms with Crippen molar-refractivity contribution < 1.29 is 28.1 Å². The second kappa shape index (κ2) is 11.3. The highest BCUT2D eigenvalue weighted by Crippen LogP contribution is 2.20. The number of benzene rings is 2. The number of aliphatic hydroxyl groups is 1. The monoisotopic (exact) mass is 364 g/mol. The first-order chi connectivity index (χ1) is 11.2. The lowest BCUT2D eigenvalue weighted by atomic mass is 10.3. The quantitative estimate of drug-likeness (QED) is 0.418. The van der Waals surface area contributed by atoms with Crippen molar-refractivity contribution in [2.75, 3.05) is 12.8 Å². The van der Waals surface area contributed by atoms with E-state index in [9.17, 15) is 33.4 Å². The summed E-state index contributed by atoms with van der Waals surface area (Å²) < 4.78 is 36.9. The van der Waals surface area contributed by atoms with Crippen LogP contribution in [-0.4, -0.2) is 22.1 Å². The summed E-state index contributed by atoms with van der Waals surface area (Å²) >= 11 is 0. The Morgan fingerprint density at radius 2 is 1.28 bits per heavy atom. The summed E-state index contributed by atoms with van der Waals surface area (Å²) in [6.45, 7) is 0. The zero-order valence-corrected chi connectivity index (χ0v) is 12.9. The molecule has 0 bridgehead atoms. The summed E-state index contributed by atoms with van der Waals surface area (Å²) in [5.74, 6) is -2.56. The number of anilines is 1. The van der Waals surface area contributed by atoms with Gasteiger partial charge in [0.2, 0.25) is 5.82 Å². The molecule has 0 atom stereocenters. The molecule has 0 aliphatic carbocycles. The smallest absolute Gasteiger partial charge is 0.304 e. The van der Waals surface area contributed by atoms with Gasteiger partial charge in [-0.05, 0) is 12.1 Å². The fraction of sp³-hybridized carbons (Fsp3) is 0.0769. The minimum atomic E-state index is -1.16. The van der Waals surface area contributed by atoms with Gasteiger partial charge in [-0.1, -0.05) is 0 Å². The van der Waals surface area contributed by atoms with Gasteiger partial charge >= 0.3 is 5.69 Å². The highest BCUT2D eigenvalue weighted by atomic mass is 19.1. The molecule has 2 rings (SSSR count). The number of hydrogen-bond acceptors (Lipinski definition) is 7. The molecule has 0 aliphatic rings. The summed E-state index contributed by atoms with van der Waals surface area (Å²) in [6, 6.07) is 5.03. The minimum Gasteiger partial charge on any atom is -0.400 e. The van der Waals surface area contributed by atoms with Gasteiger partial charge in [0.15, 0.2) is 0 Å². The van der Waals surface area contributed by atoms with Gasteiger partial charge in [-0.3, -0.25) is 20.2 Å². The molecule has 2 aromatic carbocycles. The number of halogens is 3. The molecule has 0 radical (unpaired) electrons. The van der Waals surface area contributed by atoms with E-state index in [1.807, 2.05) is 0 Å². The van der Waals surface area contributed by atoms with Gasteiger partial charge in [0, 0.05) is 31.4 Å². The van der Waals surface area contributed by atoms with Crippen molar-refractivity contribution in [3.8, 4) is 0 Å². The van der Waals surface area contributed by atoms with Gasteiger partial charge < -0.3 is 17.0 Å². The van der Waals surface area contributed by atoms with Gasteiger partial charge in [0.1, 0.15) is 17.3 Å². The molecule has 0 spiro atoms. The number of hydrogen-bond donors (Lipinski definition) is 3. The highest BCUT2D eigenvalue weighted by molar-refractivity contribution is 5.57. The van der Waals surface area contributed by atoms with E-state index < -0.39 is 33.0 Å². The highest BCUT2D eigenvalue weighted by Gasteiger charge is 2.13. The Bertz CT molecular complexity index is 669. The van der Waals surface area contributed by atoms with E-state index in [-0.39, 0.29) is 17.5 Å². The number of rotatable bonds is 2. The third-order valence-corrected chi connectivity index (χ3v) is 2.29. The molecular weight excluding hydrogens is 349 g/mol. The molecule has 0 heterocycles. The van der Waals surface area contributed by atoms with Gasteiger partial charge in [-0.25, -0.2) is 8.78 Å². The molecule has 138 valence electrons. The topological polar surface area (TPSA) is 168 Å². The molecule has 0 saturated carbocycles. The Morgan fingerprint density at radius 3 is 1.64 bits per heavy atom. The summed E-state index contributed by atoms with van der Waals surface area (Å²) in [7, 11) is 1.00. The number of nitro groups is 2. The zero-order valence-electron chi connectivity index (χ0n) is 12.9. The Balaban J connectivity index is 0. The Kier molecular flexibility index (Phi) is 10.9. The van der Waals surface area contributed by atoms with Crippen molar-refractivity contribution in [3.05, 3.63) is 74.1 Å². The lowest BCUT2D eigenvalue weighted by Gasteiger charge is -1.94. The average molecular weight is 364 g/mol. The number of nitrogens with zero attached hydrogens (tertiary/aromatic N) is 2. The van der Waals surface area contributed by atoms with Crippen molar-refractivity contribution in [2.24, 2.45) is 0 Å². The van der Waals surface area contributed by atoms with Crippen LogP contribution in [0, 0.1) is 37.7 Å². The van der Waals surface area contributed by atoms with E-state index in [0.717, 1.165) is 37.4 Å². The maximum atomic E-state index is 12.4. The van der Waals surface area contributed by atoms with E-state index in [2.05, 4.69) is 0 Å². The Morgan fingerprint density at radius 1 is 0.880 bits per heavy atom. The third kappa shape index (κ3) is 7.71. The SMILES string of the molecule is CO.N.Nc1cc(F)ccc1[N+](=O)[O-].O=[N+]([O-])c1ccc(F)cc1F. The predicted octanol–water partition coefficient (Wildman–Crippen LogP) is 2.96.